The van der Waals surface area contributed by atoms with Crippen molar-refractivity contribution in [3.05, 3.63) is 76.4 Å². The van der Waals surface area contributed by atoms with Gasteiger partial charge in [0.15, 0.2) is 15.6 Å². The number of rotatable bonds is 8. The number of anilines is 2. The smallest absolute Gasteiger partial charge is 0.265 e. The third-order valence-electron chi connectivity index (χ3n) is 5.88. The normalized spacial score (nSPS) is 15.7. The van der Waals surface area contributed by atoms with Crippen molar-refractivity contribution in [2.45, 2.75) is 35.9 Å². The zero-order chi connectivity index (χ0) is 24.7. The highest BCUT2D eigenvalue weighted by atomic mass is 32.2. The molecular formula is C25H21FN2O5S2. The van der Waals surface area contributed by atoms with E-state index in [4.69, 9.17) is 0 Å². The molecule has 0 unspecified atom stereocenters. The number of carbonyl (C=O) groups is 3. The van der Waals surface area contributed by atoms with Crippen molar-refractivity contribution in [3.8, 4) is 0 Å². The van der Waals surface area contributed by atoms with Crippen molar-refractivity contribution in [2.24, 2.45) is 0 Å². The minimum Gasteiger partial charge on any atom is -0.382 e. The molecular weight excluding hydrogens is 491 g/mol. The quantitative estimate of drug-likeness (QED) is 0.461. The van der Waals surface area contributed by atoms with E-state index in [9.17, 15) is 27.2 Å². The Kier molecular flexibility index (Phi) is 6.02. The van der Waals surface area contributed by atoms with Crippen molar-refractivity contribution in [1.29, 1.82) is 0 Å². The summed E-state index contributed by atoms with van der Waals surface area (Å²) < 4.78 is 39.7. The zero-order valence-electron chi connectivity index (χ0n) is 18.5. The van der Waals surface area contributed by atoms with Crippen LogP contribution in [0.3, 0.4) is 0 Å². The third-order valence-corrected chi connectivity index (χ3v) is 9.05. The summed E-state index contributed by atoms with van der Waals surface area (Å²) in [6.07, 6.45) is 1.85. The number of fused-ring (bicyclic) bond motifs is 1. The van der Waals surface area contributed by atoms with E-state index in [0.29, 0.717) is 17.2 Å². The number of carbonyl (C=O) groups excluding carboxylic acids is 3. The summed E-state index contributed by atoms with van der Waals surface area (Å²) in [6.45, 7) is 0. The summed E-state index contributed by atoms with van der Waals surface area (Å²) in [5.74, 6) is -3.27. The van der Waals surface area contributed by atoms with Crippen LogP contribution in [0.2, 0.25) is 0 Å². The van der Waals surface area contributed by atoms with Gasteiger partial charge in [-0.25, -0.2) is 17.7 Å². The molecule has 1 aromatic heterocycles. The maximum Gasteiger partial charge on any atom is 0.265 e. The summed E-state index contributed by atoms with van der Waals surface area (Å²) in [5, 5.41) is 4.94. The molecule has 2 aromatic carbocycles. The lowest BCUT2D eigenvalue weighted by Gasteiger charge is -2.27. The van der Waals surface area contributed by atoms with E-state index >= 15 is 0 Å². The standard InChI is InChI=1S/C25H21FN2O5S2/c26-21-11-15(10-19(29)14-35(32,33)24-2-1-9-34-24)3-8-22(21)28-23(30)13-16-12-18(27-17-4-5-17)6-7-20(16)25(28)31/h1-3,6-9,11-12,17,27H,4-5,10,13-14H2. The fourth-order valence-electron chi connectivity index (χ4n) is 4.07. The molecule has 0 atom stereocenters. The Labute approximate surface area is 205 Å². The van der Waals surface area contributed by atoms with Crippen LogP contribution in [0, 0.1) is 5.82 Å². The Balaban J connectivity index is 1.32. The maximum absolute atomic E-state index is 15.0. The van der Waals surface area contributed by atoms with Crippen LogP contribution in [0.25, 0.3) is 0 Å². The summed E-state index contributed by atoms with van der Waals surface area (Å²) in [4.78, 5) is 39.0. The second kappa shape index (κ2) is 9.01. The fraction of sp³-hybridized carbons (Fsp3) is 0.240. The van der Waals surface area contributed by atoms with Gasteiger partial charge in [0, 0.05) is 23.7 Å². The number of imide groups is 1. The number of hydrogen-bond donors (Lipinski definition) is 1. The number of thiophene rings is 1. The molecule has 7 nitrogen and oxygen atoms in total. The number of Topliss-reactive ketones (excluding diaryl/α,β-unsaturated/α-hetero) is 1. The van der Waals surface area contributed by atoms with Gasteiger partial charge >= 0.3 is 0 Å². The summed E-state index contributed by atoms with van der Waals surface area (Å²) in [6, 6.07) is 12.4. The Hall–Kier alpha value is -3.37. The molecule has 2 aliphatic rings. The average molecular weight is 513 g/mol. The molecule has 1 saturated carbocycles. The van der Waals surface area contributed by atoms with E-state index in [0.717, 1.165) is 40.8 Å². The highest BCUT2D eigenvalue weighted by molar-refractivity contribution is 7.94. The van der Waals surface area contributed by atoms with E-state index in [1.807, 2.05) is 0 Å². The summed E-state index contributed by atoms with van der Waals surface area (Å²) in [7, 11) is -3.75. The van der Waals surface area contributed by atoms with Crippen LogP contribution < -0.4 is 10.2 Å². The molecule has 2 heterocycles. The molecule has 3 aromatic rings. The zero-order valence-corrected chi connectivity index (χ0v) is 20.1. The van der Waals surface area contributed by atoms with Gasteiger partial charge in [-0.1, -0.05) is 12.1 Å². The number of nitrogens with zero attached hydrogens (tertiary/aromatic N) is 1. The highest BCUT2D eigenvalue weighted by Gasteiger charge is 2.34. The van der Waals surface area contributed by atoms with Gasteiger partial charge in [0.05, 0.1) is 12.1 Å². The van der Waals surface area contributed by atoms with Crippen molar-refractivity contribution in [1.82, 2.24) is 0 Å². The molecule has 0 bridgehead atoms. The number of benzene rings is 2. The number of amides is 2. The minimum absolute atomic E-state index is 0.0402. The third kappa shape index (κ3) is 4.89. The van der Waals surface area contributed by atoms with Gasteiger partial charge in [-0.15, -0.1) is 11.3 Å². The van der Waals surface area contributed by atoms with Gasteiger partial charge in [-0.3, -0.25) is 14.4 Å². The van der Waals surface area contributed by atoms with Crippen molar-refractivity contribution in [2.75, 3.05) is 16.0 Å². The number of hydrogen-bond acceptors (Lipinski definition) is 7. The first-order chi connectivity index (χ1) is 16.7. The largest absolute Gasteiger partial charge is 0.382 e. The highest BCUT2D eigenvalue weighted by Crippen LogP contribution is 2.31. The number of halogens is 1. The second-order valence-corrected chi connectivity index (χ2v) is 11.9. The van der Waals surface area contributed by atoms with Crippen LogP contribution in [0.4, 0.5) is 15.8 Å². The Morgan fingerprint density at radius 1 is 1.11 bits per heavy atom. The van der Waals surface area contributed by atoms with E-state index in [1.54, 1.807) is 29.6 Å². The number of nitrogens with one attached hydrogen (secondary N) is 1. The first-order valence-electron chi connectivity index (χ1n) is 11.0. The lowest BCUT2D eigenvalue weighted by Crippen LogP contribution is -2.43. The van der Waals surface area contributed by atoms with Gasteiger partial charge in [-0.05, 0) is 65.7 Å². The van der Waals surface area contributed by atoms with Crippen LogP contribution in [-0.2, 0) is 32.3 Å². The predicted octanol–water partition coefficient (Wildman–Crippen LogP) is 3.78. The van der Waals surface area contributed by atoms with E-state index < -0.39 is 39.0 Å². The first-order valence-corrected chi connectivity index (χ1v) is 13.6. The van der Waals surface area contributed by atoms with Gasteiger partial charge < -0.3 is 5.32 Å². The summed E-state index contributed by atoms with van der Waals surface area (Å²) >= 11 is 1.03. The van der Waals surface area contributed by atoms with Gasteiger partial charge in [0.2, 0.25) is 5.91 Å². The number of ketones is 1. The molecule has 180 valence electrons. The Morgan fingerprint density at radius 3 is 2.60 bits per heavy atom. The molecule has 1 aliphatic heterocycles. The molecule has 0 radical (unpaired) electrons. The minimum atomic E-state index is -3.75. The van der Waals surface area contributed by atoms with Crippen molar-refractivity contribution >= 4 is 50.1 Å². The topological polar surface area (TPSA) is 101 Å². The summed E-state index contributed by atoms with van der Waals surface area (Å²) in [5.41, 5.74) is 1.83. The van der Waals surface area contributed by atoms with Crippen LogP contribution in [0.5, 0.6) is 0 Å². The molecule has 1 aliphatic carbocycles. The van der Waals surface area contributed by atoms with Crippen molar-refractivity contribution < 1.29 is 27.2 Å². The maximum atomic E-state index is 15.0. The molecule has 2 amide bonds. The lowest BCUT2D eigenvalue weighted by molar-refractivity contribution is -0.118. The molecule has 5 rings (SSSR count). The molecule has 0 spiro atoms. The van der Waals surface area contributed by atoms with Crippen molar-refractivity contribution in [3.63, 3.8) is 0 Å². The van der Waals surface area contributed by atoms with Crippen LogP contribution >= 0.6 is 11.3 Å². The van der Waals surface area contributed by atoms with E-state index in [1.165, 1.54) is 18.2 Å². The van der Waals surface area contributed by atoms with Crippen LogP contribution in [0.15, 0.2) is 58.1 Å². The molecule has 35 heavy (non-hydrogen) atoms. The van der Waals surface area contributed by atoms with E-state index in [2.05, 4.69) is 5.32 Å². The average Bonchev–Trinajstić information content (AvgIpc) is 3.41. The Morgan fingerprint density at radius 2 is 1.91 bits per heavy atom. The second-order valence-electron chi connectivity index (χ2n) is 8.69. The number of sulfone groups is 1. The molecule has 1 N–H and O–H groups in total. The van der Waals surface area contributed by atoms with Gasteiger partial charge in [-0.2, -0.15) is 0 Å². The Bertz CT molecular complexity index is 1450. The SMILES string of the molecule is O=C(Cc1ccc(N2C(=O)Cc3cc(NC4CC4)ccc3C2=O)c(F)c1)CS(=O)(=O)c1cccs1. The van der Waals surface area contributed by atoms with Crippen LogP contribution in [-0.4, -0.2) is 37.8 Å². The first kappa shape index (κ1) is 23.4. The monoisotopic (exact) mass is 512 g/mol. The van der Waals surface area contributed by atoms with Gasteiger partial charge in [0.25, 0.3) is 5.91 Å². The molecule has 1 fully saturated rings. The van der Waals surface area contributed by atoms with Gasteiger partial charge in [0.1, 0.15) is 15.8 Å². The predicted molar refractivity (Wildman–Crippen MR) is 130 cm³/mol. The lowest BCUT2D eigenvalue weighted by atomic mass is 9.96. The molecule has 0 saturated heterocycles. The van der Waals surface area contributed by atoms with E-state index in [-0.39, 0.29) is 28.3 Å². The van der Waals surface area contributed by atoms with Crippen LogP contribution in [0.1, 0.15) is 34.3 Å². The fourth-order valence-corrected chi connectivity index (χ4v) is 6.40. The molecule has 10 heteroatoms.